The first-order valence-corrected chi connectivity index (χ1v) is 8.89. The van der Waals surface area contributed by atoms with E-state index in [1.54, 1.807) is 6.92 Å². The van der Waals surface area contributed by atoms with Gasteiger partial charge in [0.2, 0.25) is 15.9 Å². The first kappa shape index (κ1) is 16.2. The van der Waals surface area contributed by atoms with Gasteiger partial charge in [-0.2, -0.15) is 0 Å². The molecule has 1 amide bonds. The van der Waals surface area contributed by atoms with Crippen molar-refractivity contribution >= 4 is 15.9 Å². The van der Waals surface area contributed by atoms with Crippen molar-refractivity contribution < 1.29 is 13.2 Å². The summed E-state index contributed by atoms with van der Waals surface area (Å²) in [6, 6.07) is 17.7. The van der Waals surface area contributed by atoms with Gasteiger partial charge in [-0.25, -0.2) is 8.42 Å². The van der Waals surface area contributed by atoms with Crippen molar-refractivity contribution in [2.45, 2.75) is 19.3 Å². The van der Waals surface area contributed by atoms with Gasteiger partial charge in [-0.1, -0.05) is 54.6 Å². The molecule has 22 heavy (non-hydrogen) atoms. The molecule has 0 aliphatic heterocycles. The van der Waals surface area contributed by atoms with Gasteiger partial charge in [0.05, 0.1) is 12.2 Å². The summed E-state index contributed by atoms with van der Waals surface area (Å²) in [5.74, 6) is -1.04. The third-order valence-corrected chi connectivity index (χ3v) is 3.95. The number of benzene rings is 2. The monoisotopic (exact) mass is 317 g/mol. The van der Waals surface area contributed by atoms with Crippen LogP contribution < -0.4 is 4.72 Å². The fourth-order valence-corrected chi connectivity index (χ4v) is 2.77. The van der Waals surface area contributed by atoms with Crippen molar-refractivity contribution in [1.29, 1.82) is 0 Å². The number of rotatable bonds is 5. The van der Waals surface area contributed by atoms with E-state index in [4.69, 9.17) is 0 Å². The van der Waals surface area contributed by atoms with Gasteiger partial charge in [0.25, 0.3) is 0 Å². The van der Waals surface area contributed by atoms with Crippen molar-refractivity contribution in [3.63, 3.8) is 0 Å². The van der Waals surface area contributed by atoms with E-state index >= 15 is 0 Å². The topological polar surface area (TPSA) is 63.2 Å². The van der Waals surface area contributed by atoms with E-state index in [1.807, 2.05) is 59.3 Å². The maximum absolute atomic E-state index is 11.9. The fraction of sp³-hybridized carbons (Fsp3) is 0.235. The first-order chi connectivity index (χ1) is 10.3. The lowest BCUT2D eigenvalue weighted by molar-refractivity contribution is -0.120. The largest absolute Gasteiger partial charge is 0.273 e. The molecule has 0 aromatic heterocycles. The Morgan fingerprint density at radius 2 is 1.68 bits per heavy atom. The maximum atomic E-state index is 11.9. The molecule has 0 saturated heterocycles. The van der Waals surface area contributed by atoms with E-state index in [2.05, 4.69) is 0 Å². The standard InChI is InChI=1S/C17H19NO3S/c1-13(17(19)18-22(2,20)21)16-10-6-9-15(12-16)11-14-7-4-3-5-8-14/h3-10,12-13H,11H2,1-2H3,(H,18,19). The molecule has 0 aliphatic rings. The zero-order valence-corrected chi connectivity index (χ0v) is 13.4. The van der Waals surface area contributed by atoms with Crippen LogP contribution in [0, 0.1) is 0 Å². The third kappa shape index (κ3) is 4.70. The molecule has 0 aliphatic carbocycles. The molecule has 2 aromatic rings. The Hall–Kier alpha value is -2.14. The summed E-state index contributed by atoms with van der Waals surface area (Å²) >= 11 is 0. The number of carbonyl (C=O) groups is 1. The Morgan fingerprint density at radius 1 is 1.05 bits per heavy atom. The van der Waals surface area contributed by atoms with Gasteiger partial charge in [0.1, 0.15) is 0 Å². The predicted octanol–water partition coefficient (Wildman–Crippen LogP) is 2.46. The van der Waals surface area contributed by atoms with Gasteiger partial charge >= 0.3 is 0 Å². The molecule has 0 fully saturated rings. The number of amides is 1. The molecule has 0 spiro atoms. The van der Waals surface area contributed by atoms with Crippen LogP contribution in [0.25, 0.3) is 0 Å². The minimum Gasteiger partial charge on any atom is -0.273 e. The Bertz CT molecular complexity index is 754. The molecule has 4 nitrogen and oxygen atoms in total. The van der Waals surface area contributed by atoms with Crippen LogP contribution in [0.1, 0.15) is 29.5 Å². The van der Waals surface area contributed by atoms with Crippen molar-refractivity contribution in [3.05, 3.63) is 71.3 Å². The fourth-order valence-electron chi connectivity index (χ4n) is 2.23. The highest BCUT2D eigenvalue weighted by molar-refractivity contribution is 7.89. The Balaban J connectivity index is 2.16. The quantitative estimate of drug-likeness (QED) is 0.921. The summed E-state index contributed by atoms with van der Waals surface area (Å²) in [4.78, 5) is 11.9. The summed E-state index contributed by atoms with van der Waals surface area (Å²) in [5, 5.41) is 0. The number of nitrogens with one attached hydrogen (secondary N) is 1. The number of hydrogen-bond acceptors (Lipinski definition) is 3. The summed E-state index contributed by atoms with van der Waals surface area (Å²) in [6.45, 7) is 1.70. The van der Waals surface area contributed by atoms with E-state index in [0.717, 1.165) is 23.8 Å². The molecule has 2 rings (SSSR count). The van der Waals surface area contributed by atoms with Crippen molar-refractivity contribution in [3.8, 4) is 0 Å². The molecule has 5 heteroatoms. The van der Waals surface area contributed by atoms with Gasteiger partial charge in [-0.15, -0.1) is 0 Å². The second-order valence-corrected chi connectivity index (χ2v) is 7.12. The second-order valence-electron chi connectivity index (χ2n) is 5.37. The highest BCUT2D eigenvalue weighted by atomic mass is 32.2. The zero-order valence-electron chi connectivity index (χ0n) is 12.6. The third-order valence-electron chi connectivity index (χ3n) is 3.38. The Labute approximate surface area is 131 Å². The van der Waals surface area contributed by atoms with E-state index in [9.17, 15) is 13.2 Å². The summed E-state index contributed by atoms with van der Waals surface area (Å²) < 4.78 is 24.3. The Morgan fingerprint density at radius 3 is 2.32 bits per heavy atom. The number of hydrogen-bond donors (Lipinski definition) is 1. The second kappa shape index (κ2) is 6.75. The van der Waals surface area contributed by atoms with Gasteiger partial charge < -0.3 is 0 Å². The Kier molecular flexibility index (Phi) is 4.98. The minimum atomic E-state index is -3.53. The highest BCUT2D eigenvalue weighted by Crippen LogP contribution is 2.19. The van der Waals surface area contributed by atoms with Crippen LogP contribution >= 0.6 is 0 Å². The molecule has 1 atom stereocenters. The maximum Gasteiger partial charge on any atom is 0.240 e. The van der Waals surface area contributed by atoms with Gasteiger partial charge in [-0.3, -0.25) is 9.52 Å². The molecule has 2 aromatic carbocycles. The number of carbonyl (C=O) groups excluding carboxylic acids is 1. The van der Waals surface area contributed by atoms with Crippen molar-refractivity contribution in [2.24, 2.45) is 0 Å². The predicted molar refractivity (Wildman–Crippen MR) is 87.1 cm³/mol. The molecular formula is C17H19NO3S. The molecule has 1 unspecified atom stereocenters. The SMILES string of the molecule is CC(C(=O)NS(C)(=O)=O)c1cccc(Cc2ccccc2)c1. The molecule has 0 heterocycles. The van der Waals surface area contributed by atoms with Crippen molar-refractivity contribution in [1.82, 2.24) is 4.72 Å². The van der Waals surface area contributed by atoms with Gasteiger partial charge in [0.15, 0.2) is 0 Å². The van der Waals surface area contributed by atoms with Crippen LogP contribution in [-0.2, 0) is 21.2 Å². The van der Waals surface area contributed by atoms with E-state index < -0.39 is 21.8 Å². The van der Waals surface area contributed by atoms with Gasteiger partial charge in [-0.05, 0) is 30.0 Å². The van der Waals surface area contributed by atoms with E-state index in [-0.39, 0.29) is 0 Å². The summed E-state index contributed by atoms with van der Waals surface area (Å²) in [7, 11) is -3.53. The lowest BCUT2D eigenvalue weighted by Gasteiger charge is -2.13. The van der Waals surface area contributed by atoms with Crippen LogP contribution in [0.2, 0.25) is 0 Å². The normalized spacial score (nSPS) is 12.6. The highest BCUT2D eigenvalue weighted by Gasteiger charge is 2.18. The number of sulfonamides is 1. The first-order valence-electron chi connectivity index (χ1n) is 6.99. The van der Waals surface area contributed by atoms with Crippen LogP contribution in [0.5, 0.6) is 0 Å². The molecule has 0 bridgehead atoms. The summed E-state index contributed by atoms with van der Waals surface area (Å²) in [5.41, 5.74) is 3.07. The van der Waals surface area contributed by atoms with Crippen LogP contribution in [0.3, 0.4) is 0 Å². The lowest BCUT2D eigenvalue weighted by Crippen LogP contribution is -2.32. The average molecular weight is 317 g/mol. The molecular weight excluding hydrogens is 298 g/mol. The molecule has 0 saturated carbocycles. The summed E-state index contributed by atoms with van der Waals surface area (Å²) in [6.07, 6.45) is 1.75. The van der Waals surface area contributed by atoms with Crippen LogP contribution in [-0.4, -0.2) is 20.6 Å². The molecule has 1 N–H and O–H groups in total. The van der Waals surface area contributed by atoms with Crippen LogP contribution in [0.4, 0.5) is 0 Å². The minimum absolute atomic E-state index is 0.514. The molecule has 0 radical (unpaired) electrons. The van der Waals surface area contributed by atoms with E-state index in [1.165, 1.54) is 5.56 Å². The van der Waals surface area contributed by atoms with Crippen molar-refractivity contribution in [2.75, 3.05) is 6.26 Å². The van der Waals surface area contributed by atoms with Gasteiger partial charge in [0, 0.05) is 0 Å². The lowest BCUT2D eigenvalue weighted by atomic mass is 9.96. The smallest absolute Gasteiger partial charge is 0.240 e. The van der Waals surface area contributed by atoms with Crippen LogP contribution in [0.15, 0.2) is 54.6 Å². The average Bonchev–Trinajstić information content (AvgIpc) is 2.46. The van der Waals surface area contributed by atoms with E-state index in [0.29, 0.717) is 0 Å². The zero-order chi connectivity index (χ0) is 16.2. The molecule has 116 valence electrons.